The average molecular weight is 247 g/mol. The Balaban J connectivity index is 4.15. The first kappa shape index (κ1) is 16.3. The first-order valence-electron chi connectivity index (χ1n) is 6.61. The van der Waals surface area contributed by atoms with E-state index in [1.54, 1.807) is 0 Å². The summed E-state index contributed by atoms with van der Waals surface area (Å²) in [5, 5.41) is 10.9. The molecule has 0 radical (unpaired) electrons. The summed E-state index contributed by atoms with van der Waals surface area (Å²) in [5.74, 6) is 0. The van der Waals surface area contributed by atoms with Crippen LogP contribution in [-0.4, -0.2) is 18.1 Å². The average Bonchev–Trinajstić information content (AvgIpc) is 2.28. The summed E-state index contributed by atoms with van der Waals surface area (Å²) >= 11 is 0. The SMILES string of the molecule is CCC(C)NP(NC(C)CC)NC(C)CC. The number of hydrogen-bond donors (Lipinski definition) is 3. The molecule has 0 aromatic heterocycles. The van der Waals surface area contributed by atoms with Crippen molar-refractivity contribution >= 4 is 8.37 Å². The molecule has 0 aliphatic heterocycles. The molecule has 0 bridgehead atoms. The second-order valence-corrected chi connectivity index (χ2v) is 6.10. The topological polar surface area (TPSA) is 36.1 Å². The molecule has 3 N–H and O–H groups in total. The second-order valence-electron chi connectivity index (χ2n) is 4.65. The highest BCUT2D eigenvalue weighted by molar-refractivity contribution is 7.51. The monoisotopic (exact) mass is 247 g/mol. The van der Waals surface area contributed by atoms with Crippen molar-refractivity contribution in [3.05, 3.63) is 0 Å². The number of rotatable bonds is 9. The van der Waals surface area contributed by atoms with Crippen LogP contribution in [0.3, 0.4) is 0 Å². The summed E-state index contributed by atoms with van der Waals surface area (Å²) in [5.41, 5.74) is 0. The van der Waals surface area contributed by atoms with Crippen LogP contribution in [0, 0.1) is 0 Å². The molecule has 3 unspecified atom stereocenters. The van der Waals surface area contributed by atoms with E-state index in [4.69, 9.17) is 0 Å². The molecule has 0 aliphatic carbocycles. The van der Waals surface area contributed by atoms with E-state index in [0.29, 0.717) is 18.1 Å². The quantitative estimate of drug-likeness (QED) is 0.547. The molecule has 0 aromatic carbocycles. The van der Waals surface area contributed by atoms with E-state index in [2.05, 4.69) is 56.8 Å². The van der Waals surface area contributed by atoms with E-state index in [-0.39, 0.29) is 0 Å². The van der Waals surface area contributed by atoms with Crippen LogP contribution >= 0.6 is 8.37 Å². The van der Waals surface area contributed by atoms with Crippen molar-refractivity contribution < 1.29 is 0 Å². The molecule has 0 spiro atoms. The molecule has 0 rings (SSSR count). The van der Waals surface area contributed by atoms with Crippen LogP contribution in [0.2, 0.25) is 0 Å². The zero-order valence-electron chi connectivity index (χ0n) is 11.8. The highest BCUT2D eigenvalue weighted by atomic mass is 31.1. The van der Waals surface area contributed by atoms with E-state index in [1.807, 2.05) is 0 Å². The first-order chi connectivity index (χ1) is 7.53. The maximum atomic E-state index is 3.64. The van der Waals surface area contributed by atoms with Gasteiger partial charge in [-0.1, -0.05) is 20.8 Å². The summed E-state index contributed by atoms with van der Waals surface area (Å²) in [7, 11) is -0.446. The van der Waals surface area contributed by atoms with Gasteiger partial charge in [0.05, 0.1) is 0 Å². The lowest BCUT2D eigenvalue weighted by atomic mass is 10.3. The van der Waals surface area contributed by atoms with Gasteiger partial charge in [-0.25, -0.2) is 0 Å². The predicted octanol–water partition coefficient (Wildman–Crippen LogP) is 3.38. The Morgan fingerprint density at radius 2 is 0.938 bits per heavy atom. The van der Waals surface area contributed by atoms with E-state index >= 15 is 0 Å². The van der Waals surface area contributed by atoms with Crippen LogP contribution in [0.4, 0.5) is 0 Å². The minimum absolute atomic E-state index is 0.446. The van der Waals surface area contributed by atoms with Gasteiger partial charge < -0.3 is 0 Å². The van der Waals surface area contributed by atoms with Gasteiger partial charge in [0.1, 0.15) is 8.37 Å². The molecule has 0 aliphatic rings. The van der Waals surface area contributed by atoms with Crippen molar-refractivity contribution in [2.45, 2.75) is 78.9 Å². The maximum absolute atomic E-state index is 3.64. The van der Waals surface area contributed by atoms with Crippen LogP contribution in [-0.2, 0) is 0 Å². The predicted molar refractivity (Wildman–Crippen MR) is 75.6 cm³/mol. The Morgan fingerprint density at radius 1 is 0.688 bits per heavy atom. The van der Waals surface area contributed by atoms with E-state index in [0.717, 1.165) is 0 Å². The summed E-state index contributed by atoms with van der Waals surface area (Å²) in [4.78, 5) is 0. The summed E-state index contributed by atoms with van der Waals surface area (Å²) < 4.78 is 0. The first-order valence-corrected chi connectivity index (χ1v) is 7.96. The lowest BCUT2D eigenvalue weighted by Crippen LogP contribution is -2.39. The fourth-order valence-electron chi connectivity index (χ4n) is 1.05. The molecule has 0 fully saturated rings. The molecule has 98 valence electrons. The third-order valence-electron chi connectivity index (χ3n) is 2.89. The molecule has 0 saturated carbocycles. The van der Waals surface area contributed by atoms with Crippen LogP contribution in [0.5, 0.6) is 0 Å². The molecule has 4 heteroatoms. The molecular weight excluding hydrogens is 217 g/mol. The van der Waals surface area contributed by atoms with Gasteiger partial charge in [0.15, 0.2) is 0 Å². The van der Waals surface area contributed by atoms with Crippen molar-refractivity contribution in [3.63, 3.8) is 0 Å². The fourth-order valence-corrected chi connectivity index (χ4v) is 3.14. The van der Waals surface area contributed by atoms with Crippen LogP contribution < -0.4 is 15.3 Å². The molecule has 0 aromatic rings. The summed E-state index contributed by atoms with van der Waals surface area (Å²) in [6.45, 7) is 13.4. The minimum Gasteiger partial charge on any atom is -0.268 e. The van der Waals surface area contributed by atoms with Crippen molar-refractivity contribution in [2.24, 2.45) is 0 Å². The Morgan fingerprint density at radius 3 is 1.12 bits per heavy atom. The summed E-state index contributed by atoms with van der Waals surface area (Å²) in [6.07, 6.45) is 3.51. The van der Waals surface area contributed by atoms with Gasteiger partial charge >= 0.3 is 0 Å². The standard InChI is InChI=1S/C12H30N3P/c1-7-10(4)13-16(14-11(5)8-2)15-12(6)9-3/h10-15H,7-9H2,1-6H3. The van der Waals surface area contributed by atoms with E-state index in [1.165, 1.54) is 19.3 Å². The Bertz CT molecular complexity index is 138. The highest BCUT2D eigenvalue weighted by Crippen LogP contribution is 2.24. The third kappa shape index (κ3) is 7.56. The van der Waals surface area contributed by atoms with E-state index < -0.39 is 8.37 Å². The molecular formula is C12H30N3P. The largest absolute Gasteiger partial charge is 0.268 e. The van der Waals surface area contributed by atoms with Crippen LogP contribution in [0.1, 0.15) is 60.8 Å². The zero-order valence-corrected chi connectivity index (χ0v) is 12.7. The smallest absolute Gasteiger partial charge is 0.112 e. The van der Waals surface area contributed by atoms with Crippen molar-refractivity contribution in [1.29, 1.82) is 0 Å². The molecule has 0 amide bonds. The van der Waals surface area contributed by atoms with Crippen molar-refractivity contribution in [2.75, 3.05) is 0 Å². The van der Waals surface area contributed by atoms with Crippen molar-refractivity contribution in [1.82, 2.24) is 15.3 Å². The number of nitrogens with one attached hydrogen (secondary N) is 3. The fraction of sp³-hybridized carbons (Fsp3) is 1.00. The Hall–Kier alpha value is 0.310. The minimum atomic E-state index is -0.446. The van der Waals surface area contributed by atoms with Gasteiger partial charge in [-0.05, 0) is 40.0 Å². The molecule has 3 nitrogen and oxygen atoms in total. The van der Waals surface area contributed by atoms with E-state index in [9.17, 15) is 0 Å². The molecule has 3 atom stereocenters. The van der Waals surface area contributed by atoms with Gasteiger partial charge in [-0.15, -0.1) is 0 Å². The molecule has 16 heavy (non-hydrogen) atoms. The summed E-state index contributed by atoms with van der Waals surface area (Å²) in [6, 6.07) is 1.71. The van der Waals surface area contributed by atoms with Gasteiger partial charge in [-0.2, -0.15) is 0 Å². The molecule has 0 saturated heterocycles. The van der Waals surface area contributed by atoms with Gasteiger partial charge in [0, 0.05) is 18.1 Å². The van der Waals surface area contributed by atoms with Gasteiger partial charge in [-0.3, -0.25) is 15.3 Å². The zero-order chi connectivity index (χ0) is 12.6. The Kier molecular flexibility index (Phi) is 9.53. The van der Waals surface area contributed by atoms with Gasteiger partial charge in [0.2, 0.25) is 0 Å². The van der Waals surface area contributed by atoms with Crippen LogP contribution in [0.15, 0.2) is 0 Å². The van der Waals surface area contributed by atoms with Gasteiger partial charge in [0.25, 0.3) is 0 Å². The van der Waals surface area contributed by atoms with Crippen LogP contribution in [0.25, 0.3) is 0 Å². The van der Waals surface area contributed by atoms with Crippen molar-refractivity contribution in [3.8, 4) is 0 Å². The highest BCUT2D eigenvalue weighted by Gasteiger charge is 2.14. The number of hydrogen-bond acceptors (Lipinski definition) is 3. The lowest BCUT2D eigenvalue weighted by Gasteiger charge is -2.29. The normalized spacial score (nSPS) is 19.1. The molecule has 0 heterocycles. The lowest BCUT2D eigenvalue weighted by molar-refractivity contribution is 0.590. The Labute approximate surface area is 103 Å². The maximum Gasteiger partial charge on any atom is 0.112 e. The third-order valence-corrected chi connectivity index (χ3v) is 4.98. The second kappa shape index (κ2) is 9.35.